The third kappa shape index (κ3) is 6.10. The lowest BCUT2D eigenvalue weighted by molar-refractivity contribution is 0.0525. The van der Waals surface area contributed by atoms with Crippen molar-refractivity contribution in [2.24, 2.45) is 0 Å². The maximum absolute atomic E-state index is 12.4. The molecule has 0 saturated carbocycles. The van der Waals surface area contributed by atoms with Gasteiger partial charge in [0.05, 0.1) is 35.8 Å². The van der Waals surface area contributed by atoms with E-state index in [0.29, 0.717) is 5.56 Å². The molecule has 0 aromatic heterocycles. The van der Waals surface area contributed by atoms with Crippen molar-refractivity contribution >= 4 is 27.6 Å². The first kappa shape index (κ1) is 20.4. The van der Waals surface area contributed by atoms with Gasteiger partial charge in [0.2, 0.25) is 10.0 Å². The molecule has 144 valence electrons. The molecule has 0 saturated heterocycles. The first-order chi connectivity index (χ1) is 12.8. The molecule has 0 spiro atoms. The number of carbonyl (C=O) groups is 2. The molecule has 8 heteroatoms. The van der Waals surface area contributed by atoms with Gasteiger partial charge in [0.25, 0.3) is 0 Å². The van der Waals surface area contributed by atoms with Gasteiger partial charge in [-0.05, 0) is 37.6 Å². The Morgan fingerprint density at radius 3 is 1.89 bits per heavy atom. The summed E-state index contributed by atoms with van der Waals surface area (Å²) in [6, 6.07) is 12.6. The van der Waals surface area contributed by atoms with Crippen LogP contribution in [0.1, 0.15) is 40.1 Å². The second-order valence-corrected chi connectivity index (χ2v) is 7.31. The van der Waals surface area contributed by atoms with E-state index in [1.54, 1.807) is 44.2 Å². The number of anilines is 1. The number of sulfonamides is 1. The van der Waals surface area contributed by atoms with E-state index in [1.807, 2.05) is 0 Å². The maximum atomic E-state index is 12.4. The molecule has 2 aromatic carbocycles. The minimum atomic E-state index is -3.75. The lowest BCUT2D eigenvalue weighted by atomic mass is 10.1. The molecule has 0 bridgehead atoms. The summed E-state index contributed by atoms with van der Waals surface area (Å²) in [6.45, 7) is 3.60. The Bertz CT molecular complexity index is 873. The normalized spacial score (nSPS) is 10.9. The van der Waals surface area contributed by atoms with Gasteiger partial charge in [-0.3, -0.25) is 4.72 Å². The van der Waals surface area contributed by atoms with Gasteiger partial charge in [0.1, 0.15) is 0 Å². The van der Waals surface area contributed by atoms with Crippen LogP contribution < -0.4 is 4.72 Å². The van der Waals surface area contributed by atoms with E-state index in [4.69, 9.17) is 9.47 Å². The van der Waals surface area contributed by atoms with Crippen molar-refractivity contribution in [3.05, 3.63) is 65.2 Å². The number of ether oxygens (including phenoxy) is 2. The van der Waals surface area contributed by atoms with Crippen molar-refractivity contribution in [3.8, 4) is 0 Å². The van der Waals surface area contributed by atoms with Gasteiger partial charge in [-0.15, -0.1) is 0 Å². The fourth-order valence-corrected chi connectivity index (χ4v) is 3.54. The molecular weight excluding hydrogens is 370 g/mol. The highest BCUT2D eigenvalue weighted by Gasteiger charge is 2.18. The van der Waals surface area contributed by atoms with Gasteiger partial charge >= 0.3 is 11.9 Å². The fourth-order valence-electron chi connectivity index (χ4n) is 2.36. The van der Waals surface area contributed by atoms with Crippen LogP contribution in [0.2, 0.25) is 0 Å². The maximum Gasteiger partial charge on any atom is 0.338 e. The Kier molecular flexibility index (Phi) is 6.95. The molecular formula is C19H21NO6S. The summed E-state index contributed by atoms with van der Waals surface area (Å²) in [5.41, 5.74) is 0.802. The van der Waals surface area contributed by atoms with Gasteiger partial charge in [-0.25, -0.2) is 18.0 Å². The minimum absolute atomic E-state index is 0.0554. The fraction of sp³-hybridized carbons (Fsp3) is 0.263. The highest BCUT2D eigenvalue weighted by molar-refractivity contribution is 7.91. The SMILES string of the molecule is CCOC(=O)c1cc(NS(=O)(=O)Cc2ccccc2)cc(C(=O)OCC)c1. The standard InChI is InChI=1S/C19H21NO6S/c1-3-25-18(21)15-10-16(19(22)26-4-2)12-17(11-15)20-27(23,24)13-14-8-6-5-7-9-14/h5-12,20H,3-4,13H2,1-2H3. The van der Waals surface area contributed by atoms with E-state index in [0.717, 1.165) is 0 Å². The van der Waals surface area contributed by atoms with Crippen molar-refractivity contribution in [3.63, 3.8) is 0 Å². The lowest BCUT2D eigenvalue weighted by Gasteiger charge is -2.12. The number of benzene rings is 2. The molecule has 0 fully saturated rings. The van der Waals surface area contributed by atoms with Gasteiger partial charge in [0, 0.05) is 0 Å². The lowest BCUT2D eigenvalue weighted by Crippen LogP contribution is -2.17. The van der Waals surface area contributed by atoms with Crippen LogP contribution >= 0.6 is 0 Å². The highest BCUT2D eigenvalue weighted by Crippen LogP contribution is 2.19. The van der Waals surface area contributed by atoms with Gasteiger partial charge in [-0.1, -0.05) is 30.3 Å². The number of esters is 2. The topological polar surface area (TPSA) is 98.8 Å². The zero-order valence-corrected chi connectivity index (χ0v) is 15.9. The molecule has 0 amide bonds. The quantitative estimate of drug-likeness (QED) is 0.695. The second-order valence-electron chi connectivity index (χ2n) is 5.59. The summed E-state index contributed by atoms with van der Waals surface area (Å²) in [4.78, 5) is 24.1. The predicted octanol–water partition coefficient (Wildman–Crippen LogP) is 2.98. The average molecular weight is 391 g/mol. The molecule has 0 atom stereocenters. The average Bonchev–Trinajstić information content (AvgIpc) is 2.61. The molecule has 0 aliphatic rings. The molecule has 0 radical (unpaired) electrons. The summed E-state index contributed by atoms with van der Waals surface area (Å²) in [7, 11) is -3.75. The van der Waals surface area contributed by atoms with Crippen molar-refractivity contribution in [1.82, 2.24) is 0 Å². The second kappa shape index (κ2) is 9.18. The van der Waals surface area contributed by atoms with Crippen LogP contribution in [0, 0.1) is 0 Å². The largest absolute Gasteiger partial charge is 0.462 e. The minimum Gasteiger partial charge on any atom is -0.462 e. The first-order valence-electron chi connectivity index (χ1n) is 8.38. The summed E-state index contributed by atoms with van der Waals surface area (Å²) < 4.78 is 37.1. The Balaban J connectivity index is 2.33. The van der Waals surface area contributed by atoms with E-state index in [2.05, 4.69) is 4.72 Å². The summed E-state index contributed by atoms with van der Waals surface area (Å²) in [5, 5.41) is 0. The van der Waals surface area contributed by atoms with Gasteiger partial charge in [0.15, 0.2) is 0 Å². The molecule has 1 N–H and O–H groups in total. The Morgan fingerprint density at radius 2 is 1.41 bits per heavy atom. The molecule has 2 aromatic rings. The number of hydrogen-bond acceptors (Lipinski definition) is 6. The van der Waals surface area contributed by atoms with Gasteiger partial charge in [-0.2, -0.15) is 0 Å². The van der Waals surface area contributed by atoms with Crippen LogP contribution in [0.4, 0.5) is 5.69 Å². The number of hydrogen-bond donors (Lipinski definition) is 1. The molecule has 0 aliphatic carbocycles. The molecule has 2 rings (SSSR count). The van der Waals surface area contributed by atoms with Crippen LogP contribution in [-0.4, -0.2) is 33.6 Å². The monoisotopic (exact) mass is 391 g/mol. The van der Waals surface area contributed by atoms with E-state index < -0.39 is 22.0 Å². The molecule has 0 unspecified atom stereocenters. The molecule has 7 nitrogen and oxygen atoms in total. The van der Waals surface area contributed by atoms with Gasteiger partial charge < -0.3 is 9.47 Å². The Labute approximate surface area is 158 Å². The van der Waals surface area contributed by atoms with E-state index in [9.17, 15) is 18.0 Å². The summed E-state index contributed by atoms with van der Waals surface area (Å²) in [5.74, 6) is -1.56. The van der Waals surface area contributed by atoms with Crippen LogP contribution in [0.3, 0.4) is 0 Å². The van der Waals surface area contributed by atoms with E-state index in [-0.39, 0.29) is 35.8 Å². The summed E-state index contributed by atoms with van der Waals surface area (Å²) in [6.07, 6.45) is 0. The molecule has 0 aliphatic heterocycles. The molecule has 0 heterocycles. The van der Waals surface area contributed by atoms with Crippen molar-refractivity contribution in [2.75, 3.05) is 17.9 Å². The van der Waals surface area contributed by atoms with Crippen LogP contribution in [0.5, 0.6) is 0 Å². The Morgan fingerprint density at radius 1 is 0.889 bits per heavy atom. The van der Waals surface area contributed by atoms with E-state index in [1.165, 1.54) is 18.2 Å². The zero-order chi connectivity index (χ0) is 19.9. The van der Waals surface area contributed by atoms with Crippen molar-refractivity contribution in [1.29, 1.82) is 0 Å². The number of rotatable bonds is 8. The highest BCUT2D eigenvalue weighted by atomic mass is 32.2. The molecule has 27 heavy (non-hydrogen) atoms. The number of carbonyl (C=O) groups excluding carboxylic acids is 2. The first-order valence-corrected chi connectivity index (χ1v) is 10.0. The third-order valence-corrected chi connectivity index (χ3v) is 4.69. The Hall–Kier alpha value is -2.87. The van der Waals surface area contributed by atoms with Crippen molar-refractivity contribution < 1.29 is 27.5 Å². The van der Waals surface area contributed by atoms with Crippen LogP contribution in [-0.2, 0) is 25.2 Å². The van der Waals surface area contributed by atoms with Crippen molar-refractivity contribution in [2.45, 2.75) is 19.6 Å². The third-order valence-electron chi connectivity index (χ3n) is 3.43. The smallest absolute Gasteiger partial charge is 0.338 e. The van der Waals surface area contributed by atoms with Crippen LogP contribution in [0.15, 0.2) is 48.5 Å². The predicted molar refractivity (Wildman–Crippen MR) is 101 cm³/mol. The number of nitrogens with one attached hydrogen (secondary N) is 1. The summed E-state index contributed by atoms with van der Waals surface area (Å²) >= 11 is 0. The van der Waals surface area contributed by atoms with E-state index >= 15 is 0 Å². The zero-order valence-electron chi connectivity index (χ0n) is 15.1. The van der Waals surface area contributed by atoms with Crippen LogP contribution in [0.25, 0.3) is 0 Å².